The maximum absolute atomic E-state index is 11.1. The van der Waals surface area contributed by atoms with E-state index in [1.807, 2.05) is 6.92 Å². The smallest absolute Gasteiger partial charge is 0.251 e. The average molecular weight is 215 g/mol. The van der Waals surface area contributed by atoms with Gasteiger partial charge < -0.3 is 10.1 Å². The topological polar surface area (TPSA) is 51.2 Å². The van der Waals surface area contributed by atoms with Gasteiger partial charge in [0.2, 0.25) is 0 Å². The number of anilines is 1. The van der Waals surface area contributed by atoms with Crippen LogP contribution in [-0.4, -0.2) is 24.1 Å². The third kappa shape index (κ3) is 3.72. The number of rotatable bonds is 4. The van der Waals surface area contributed by atoms with Crippen molar-refractivity contribution in [3.63, 3.8) is 0 Å². The van der Waals surface area contributed by atoms with Crippen LogP contribution in [0.5, 0.6) is 0 Å². The third-order valence-corrected chi connectivity index (χ3v) is 1.66. The fourth-order valence-corrected chi connectivity index (χ4v) is 0.935. The SMILES string of the molecule is CCOCC(=O)Nc1ccc(Cl)cn1. The minimum atomic E-state index is -0.221. The molecule has 1 amide bonds. The second-order valence-corrected chi connectivity index (χ2v) is 2.98. The van der Waals surface area contributed by atoms with Crippen LogP contribution in [-0.2, 0) is 9.53 Å². The lowest BCUT2D eigenvalue weighted by molar-refractivity contribution is -0.120. The highest BCUT2D eigenvalue weighted by Crippen LogP contribution is 2.09. The fraction of sp³-hybridized carbons (Fsp3) is 0.333. The second kappa shape index (κ2) is 5.57. The van der Waals surface area contributed by atoms with E-state index in [1.54, 1.807) is 12.1 Å². The van der Waals surface area contributed by atoms with Crippen LogP contribution in [0.2, 0.25) is 5.02 Å². The summed E-state index contributed by atoms with van der Waals surface area (Å²) >= 11 is 5.63. The largest absolute Gasteiger partial charge is 0.372 e. The van der Waals surface area contributed by atoms with Crippen LogP contribution in [0.25, 0.3) is 0 Å². The molecular formula is C9H11ClN2O2. The molecule has 0 aliphatic rings. The molecule has 4 nitrogen and oxygen atoms in total. The number of carbonyl (C=O) groups excluding carboxylic acids is 1. The van der Waals surface area contributed by atoms with Crippen LogP contribution in [0.15, 0.2) is 18.3 Å². The quantitative estimate of drug-likeness (QED) is 0.830. The van der Waals surface area contributed by atoms with Gasteiger partial charge in [0, 0.05) is 12.8 Å². The maximum atomic E-state index is 11.1. The van der Waals surface area contributed by atoms with Crippen LogP contribution in [0.3, 0.4) is 0 Å². The summed E-state index contributed by atoms with van der Waals surface area (Å²) < 4.78 is 4.93. The van der Waals surface area contributed by atoms with Gasteiger partial charge in [0.05, 0.1) is 5.02 Å². The third-order valence-electron chi connectivity index (χ3n) is 1.43. The average Bonchev–Trinajstić information content (AvgIpc) is 2.18. The summed E-state index contributed by atoms with van der Waals surface area (Å²) in [6.07, 6.45) is 1.47. The van der Waals surface area contributed by atoms with Crippen molar-refractivity contribution in [1.29, 1.82) is 0 Å². The van der Waals surface area contributed by atoms with Crippen molar-refractivity contribution < 1.29 is 9.53 Å². The van der Waals surface area contributed by atoms with Gasteiger partial charge in [0.15, 0.2) is 0 Å². The first-order valence-corrected chi connectivity index (χ1v) is 4.59. The van der Waals surface area contributed by atoms with E-state index in [0.29, 0.717) is 17.4 Å². The Labute approximate surface area is 87.2 Å². The van der Waals surface area contributed by atoms with E-state index in [9.17, 15) is 4.79 Å². The number of ether oxygens (including phenoxy) is 1. The molecular weight excluding hydrogens is 204 g/mol. The zero-order valence-electron chi connectivity index (χ0n) is 7.79. The van der Waals surface area contributed by atoms with Crippen LogP contribution in [0, 0.1) is 0 Å². The minimum Gasteiger partial charge on any atom is -0.372 e. The van der Waals surface area contributed by atoms with E-state index in [-0.39, 0.29) is 12.5 Å². The van der Waals surface area contributed by atoms with Crippen molar-refractivity contribution in [3.05, 3.63) is 23.4 Å². The molecule has 1 aromatic rings. The molecule has 0 fully saturated rings. The Hall–Kier alpha value is -1.13. The van der Waals surface area contributed by atoms with E-state index < -0.39 is 0 Å². The van der Waals surface area contributed by atoms with Crippen LogP contribution >= 0.6 is 11.6 Å². The van der Waals surface area contributed by atoms with Crippen molar-refractivity contribution >= 4 is 23.3 Å². The lowest BCUT2D eigenvalue weighted by atomic mass is 10.4. The fourth-order valence-electron chi connectivity index (χ4n) is 0.823. The van der Waals surface area contributed by atoms with E-state index in [0.717, 1.165) is 0 Å². The zero-order valence-corrected chi connectivity index (χ0v) is 8.54. The number of hydrogen-bond donors (Lipinski definition) is 1. The van der Waals surface area contributed by atoms with Gasteiger partial charge in [-0.2, -0.15) is 0 Å². The second-order valence-electron chi connectivity index (χ2n) is 2.55. The van der Waals surface area contributed by atoms with E-state index >= 15 is 0 Å². The molecule has 0 aliphatic carbocycles. The Kier molecular flexibility index (Phi) is 4.35. The molecule has 0 saturated heterocycles. The first-order chi connectivity index (χ1) is 6.72. The molecule has 76 valence electrons. The monoisotopic (exact) mass is 214 g/mol. The number of pyridine rings is 1. The Morgan fingerprint density at radius 2 is 2.43 bits per heavy atom. The molecule has 1 heterocycles. The number of halogens is 1. The highest BCUT2D eigenvalue weighted by Gasteiger charge is 2.01. The van der Waals surface area contributed by atoms with E-state index in [1.165, 1.54) is 6.20 Å². The number of carbonyl (C=O) groups is 1. The van der Waals surface area contributed by atoms with E-state index in [2.05, 4.69) is 10.3 Å². The Bertz CT molecular complexity index is 300. The summed E-state index contributed by atoms with van der Waals surface area (Å²) in [7, 11) is 0. The van der Waals surface area contributed by atoms with Gasteiger partial charge in [-0.15, -0.1) is 0 Å². The number of nitrogens with zero attached hydrogens (tertiary/aromatic N) is 1. The van der Waals surface area contributed by atoms with Crippen LogP contribution in [0.1, 0.15) is 6.92 Å². The molecule has 14 heavy (non-hydrogen) atoms. The van der Waals surface area contributed by atoms with Gasteiger partial charge in [-0.1, -0.05) is 11.6 Å². The molecule has 0 atom stereocenters. The molecule has 1 N–H and O–H groups in total. The summed E-state index contributed by atoms with van der Waals surface area (Å²) in [5.74, 6) is 0.251. The first-order valence-electron chi connectivity index (χ1n) is 4.21. The first kappa shape index (κ1) is 10.9. The lowest BCUT2D eigenvalue weighted by Gasteiger charge is -2.03. The van der Waals surface area contributed by atoms with Gasteiger partial charge in [0.1, 0.15) is 12.4 Å². The molecule has 0 saturated carbocycles. The molecule has 1 rings (SSSR count). The van der Waals surface area contributed by atoms with Crippen molar-refractivity contribution in [2.24, 2.45) is 0 Å². The molecule has 0 aromatic carbocycles. The van der Waals surface area contributed by atoms with Crippen molar-refractivity contribution in [1.82, 2.24) is 4.98 Å². The Morgan fingerprint density at radius 3 is 3.00 bits per heavy atom. The van der Waals surface area contributed by atoms with Gasteiger partial charge in [-0.25, -0.2) is 4.98 Å². The van der Waals surface area contributed by atoms with Crippen LogP contribution in [0.4, 0.5) is 5.82 Å². The molecule has 0 aliphatic heterocycles. The number of amides is 1. The normalized spacial score (nSPS) is 9.86. The van der Waals surface area contributed by atoms with Gasteiger partial charge >= 0.3 is 0 Å². The summed E-state index contributed by atoms with van der Waals surface area (Å²) in [5.41, 5.74) is 0. The number of hydrogen-bond acceptors (Lipinski definition) is 3. The highest BCUT2D eigenvalue weighted by molar-refractivity contribution is 6.30. The minimum absolute atomic E-state index is 0.0425. The maximum Gasteiger partial charge on any atom is 0.251 e. The summed E-state index contributed by atoms with van der Waals surface area (Å²) in [6.45, 7) is 2.39. The standard InChI is InChI=1S/C9H11ClN2O2/c1-2-14-6-9(13)12-8-4-3-7(10)5-11-8/h3-5H,2,6H2,1H3,(H,11,12,13). The predicted octanol–water partition coefficient (Wildman–Crippen LogP) is 1.71. The molecule has 0 bridgehead atoms. The van der Waals surface area contributed by atoms with E-state index in [4.69, 9.17) is 16.3 Å². The van der Waals surface area contributed by atoms with Crippen molar-refractivity contribution in [2.75, 3.05) is 18.5 Å². The van der Waals surface area contributed by atoms with Gasteiger partial charge in [-0.05, 0) is 19.1 Å². The predicted molar refractivity (Wildman–Crippen MR) is 54.4 cm³/mol. The lowest BCUT2D eigenvalue weighted by Crippen LogP contribution is -2.18. The molecule has 5 heteroatoms. The molecule has 0 radical (unpaired) electrons. The zero-order chi connectivity index (χ0) is 10.4. The van der Waals surface area contributed by atoms with Gasteiger partial charge in [-0.3, -0.25) is 4.79 Å². The number of aromatic nitrogens is 1. The van der Waals surface area contributed by atoms with Gasteiger partial charge in [0.25, 0.3) is 5.91 Å². The number of nitrogens with one attached hydrogen (secondary N) is 1. The highest BCUT2D eigenvalue weighted by atomic mass is 35.5. The Balaban J connectivity index is 2.44. The molecule has 1 aromatic heterocycles. The Morgan fingerprint density at radius 1 is 1.64 bits per heavy atom. The van der Waals surface area contributed by atoms with Crippen molar-refractivity contribution in [2.45, 2.75) is 6.92 Å². The van der Waals surface area contributed by atoms with Crippen molar-refractivity contribution in [3.8, 4) is 0 Å². The molecule has 0 unspecified atom stereocenters. The summed E-state index contributed by atoms with van der Waals surface area (Å²) in [6, 6.07) is 3.29. The van der Waals surface area contributed by atoms with Crippen LogP contribution < -0.4 is 5.32 Å². The molecule has 0 spiro atoms. The summed E-state index contributed by atoms with van der Waals surface area (Å²) in [5, 5.41) is 3.11. The summed E-state index contributed by atoms with van der Waals surface area (Å²) in [4.78, 5) is 15.1.